The van der Waals surface area contributed by atoms with Crippen LogP contribution in [0, 0.1) is 6.92 Å². The van der Waals surface area contributed by atoms with Gasteiger partial charge in [0.25, 0.3) is 0 Å². The molecule has 1 amide bonds. The molecule has 0 radical (unpaired) electrons. The van der Waals surface area contributed by atoms with Gasteiger partial charge in [-0.1, -0.05) is 29.8 Å². The summed E-state index contributed by atoms with van der Waals surface area (Å²) in [4.78, 5) is 12.0. The number of rotatable bonds is 5. The zero-order valence-corrected chi connectivity index (χ0v) is 15.2. The minimum Gasteiger partial charge on any atom is -0.493 e. The molecule has 0 bridgehead atoms. The van der Waals surface area contributed by atoms with Crippen LogP contribution in [0.3, 0.4) is 0 Å². The van der Waals surface area contributed by atoms with Gasteiger partial charge in [-0.2, -0.15) is 0 Å². The Morgan fingerprint density at radius 1 is 1.27 bits per heavy atom. The molecule has 1 N–H and O–H groups in total. The molecule has 0 aliphatic heterocycles. The van der Waals surface area contributed by atoms with Gasteiger partial charge < -0.3 is 14.4 Å². The quantitative estimate of drug-likeness (QED) is 0.640. The molecule has 1 aromatic heterocycles. The number of halogens is 1. The minimum absolute atomic E-state index is 0.0545. The van der Waals surface area contributed by atoms with Crippen molar-refractivity contribution in [3.63, 3.8) is 0 Å². The highest BCUT2D eigenvalue weighted by atomic mass is 35.5. The first-order valence-corrected chi connectivity index (χ1v) is 8.52. The third kappa shape index (κ3) is 3.55. The van der Waals surface area contributed by atoms with E-state index in [1.807, 2.05) is 32.0 Å². The van der Waals surface area contributed by atoms with Crippen molar-refractivity contribution in [1.29, 1.82) is 0 Å². The van der Waals surface area contributed by atoms with Crippen molar-refractivity contribution < 1.29 is 14.6 Å². The van der Waals surface area contributed by atoms with Gasteiger partial charge >= 0.3 is 5.91 Å². The van der Waals surface area contributed by atoms with Crippen LogP contribution in [0.5, 0.6) is 11.6 Å². The maximum atomic E-state index is 12.0. The lowest BCUT2D eigenvalue weighted by Crippen LogP contribution is -2.08. The SMILES string of the molecule is CCn1c(O)c(N=NC(=O)COc2ccccc2C)c2cc(Cl)ccc21. The average Bonchev–Trinajstić information content (AvgIpc) is 2.89. The zero-order chi connectivity index (χ0) is 18.7. The predicted octanol–water partition coefficient (Wildman–Crippen LogP) is 5.02. The van der Waals surface area contributed by atoms with E-state index in [-0.39, 0.29) is 18.2 Å². The van der Waals surface area contributed by atoms with E-state index in [1.165, 1.54) is 0 Å². The van der Waals surface area contributed by atoms with Crippen LogP contribution >= 0.6 is 11.6 Å². The van der Waals surface area contributed by atoms with Gasteiger partial charge in [-0.25, -0.2) is 0 Å². The maximum Gasteiger partial charge on any atom is 0.302 e. The molecule has 1 heterocycles. The summed E-state index contributed by atoms with van der Waals surface area (Å²) in [7, 11) is 0. The molecule has 6 nitrogen and oxygen atoms in total. The molecule has 26 heavy (non-hydrogen) atoms. The zero-order valence-electron chi connectivity index (χ0n) is 14.4. The van der Waals surface area contributed by atoms with Crippen molar-refractivity contribution in [2.75, 3.05) is 6.61 Å². The van der Waals surface area contributed by atoms with E-state index >= 15 is 0 Å². The molecule has 0 unspecified atom stereocenters. The van der Waals surface area contributed by atoms with Crippen molar-refractivity contribution in [3.8, 4) is 11.6 Å². The first-order valence-electron chi connectivity index (χ1n) is 8.15. The Bertz CT molecular complexity index is 995. The maximum absolute atomic E-state index is 12.0. The fraction of sp³-hybridized carbons (Fsp3) is 0.211. The third-order valence-corrected chi connectivity index (χ3v) is 4.23. The van der Waals surface area contributed by atoms with Crippen LogP contribution < -0.4 is 4.74 Å². The summed E-state index contributed by atoms with van der Waals surface area (Å²) in [5, 5.41) is 19.1. The normalized spacial score (nSPS) is 11.3. The molecule has 0 aliphatic rings. The minimum atomic E-state index is -0.549. The lowest BCUT2D eigenvalue weighted by Gasteiger charge is -2.05. The van der Waals surface area contributed by atoms with Crippen LogP contribution in [0.1, 0.15) is 12.5 Å². The number of aromatic hydroxyl groups is 1. The molecule has 3 rings (SSSR count). The highest BCUT2D eigenvalue weighted by Crippen LogP contribution is 2.39. The fourth-order valence-electron chi connectivity index (χ4n) is 2.71. The van der Waals surface area contributed by atoms with E-state index in [1.54, 1.807) is 28.8 Å². The highest BCUT2D eigenvalue weighted by Gasteiger charge is 2.16. The largest absolute Gasteiger partial charge is 0.493 e. The van der Waals surface area contributed by atoms with Crippen molar-refractivity contribution in [2.24, 2.45) is 10.2 Å². The number of hydrogen-bond donors (Lipinski definition) is 1. The molecule has 134 valence electrons. The Hall–Kier alpha value is -2.86. The second-order valence-electron chi connectivity index (χ2n) is 5.73. The molecule has 0 aliphatic carbocycles. The number of hydrogen-bond acceptors (Lipinski definition) is 4. The number of nitrogens with zero attached hydrogens (tertiary/aromatic N) is 3. The summed E-state index contributed by atoms with van der Waals surface area (Å²) in [5.41, 5.74) is 1.91. The van der Waals surface area contributed by atoms with Crippen LogP contribution in [-0.2, 0) is 11.3 Å². The highest BCUT2D eigenvalue weighted by molar-refractivity contribution is 6.31. The summed E-state index contributed by atoms with van der Waals surface area (Å²) >= 11 is 6.04. The van der Waals surface area contributed by atoms with E-state index < -0.39 is 5.91 Å². The lowest BCUT2D eigenvalue weighted by molar-refractivity contribution is -0.120. The second-order valence-corrected chi connectivity index (χ2v) is 6.16. The number of benzene rings is 2. The van der Waals surface area contributed by atoms with Gasteiger partial charge in [0.05, 0.1) is 5.52 Å². The predicted molar refractivity (Wildman–Crippen MR) is 100 cm³/mol. The molecule has 0 saturated carbocycles. The Morgan fingerprint density at radius 2 is 2.04 bits per heavy atom. The average molecular weight is 372 g/mol. The molecule has 0 fully saturated rings. The summed E-state index contributed by atoms with van der Waals surface area (Å²) in [6.45, 7) is 4.10. The van der Waals surface area contributed by atoms with Crippen molar-refractivity contribution >= 4 is 34.1 Å². The standard InChI is InChI=1S/C19H18ClN3O3/c1-3-23-15-9-8-13(20)10-14(15)18(19(23)25)22-21-17(24)11-26-16-7-5-4-6-12(16)2/h4-10,25H,3,11H2,1-2H3. The van der Waals surface area contributed by atoms with Crippen LogP contribution in [0.25, 0.3) is 10.9 Å². The number of carbonyl (C=O) groups is 1. The number of ether oxygens (including phenoxy) is 1. The summed E-state index contributed by atoms with van der Waals surface area (Å²) in [6.07, 6.45) is 0. The molecule has 0 saturated heterocycles. The topological polar surface area (TPSA) is 76.2 Å². The van der Waals surface area contributed by atoms with E-state index in [0.717, 1.165) is 11.1 Å². The molecule has 3 aromatic rings. The fourth-order valence-corrected chi connectivity index (χ4v) is 2.88. The number of amides is 1. The Morgan fingerprint density at radius 3 is 2.77 bits per heavy atom. The van der Waals surface area contributed by atoms with Gasteiger partial charge in [-0.3, -0.25) is 4.79 Å². The molecule has 0 spiro atoms. The van der Waals surface area contributed by atoms with Crippen LogP contribution in [0.2, 0.25) is 5.02 Å². The first kappa shape index (κ1) is 17.9. The number of aromatic nitrogens is 1. The van der Waals surface area contributed by atoms with Gasteiger partial charge in [-0.15, -0.1) is 10.2 Å². The number of azo groups is 1. The monoisotopic (exact) mass is 371 g/mol. The van der Waals surface area contributed by atoms with E-state index in [0.29, 0.717) is 22.7 Å². The molecular formula is C19H18ClN3O3. The summed E-state index contributed by atoms with van der Waals surface area (Å²) in [6, 6.07) is 12.6. The van der Waals surface area contributed by atoms with E-state index in [4.69, 9.17) is 16.3 Å². The molecular weight excluding hydrogens is 354 g/mol. The number of para-hydroxylation sites is 1. The Balaban J connectivity index is 1.82. The van der Waals surface area contributed by atoms with Gasteiger partial charge in [0, 0.05) is 17.0 Å². The molecule has 2 aromatic carbocycles. The van der Waals surface area contributed by atoms with Gasteiger partial charge in [-0.05, 0) is 43.7 Å². The second kappa shape index (κ2) is 7.58. The van der Waals surface area contributed by atoms with Gasteiger partial charge in [0.15, 0.2) is 12.3 Å². The van der Waals surface area contributed by atoms with Crippen LogP contribution in [0.4, 0.5) is 5.69 Å². The van der Waals surface area contributed by atoms with Gasteiger partial charge in [0.2, 0.25) is 5.88 Å². The molecule has 0 atom stereocenters. The van der Waals surface area contributed by atoms with Crippen molar-refractivity contribution in [1.82, 2.24) is 4.57 Å². The number of aryl methyl sites for hydroxylation is 2. The van der Waals surface area contributed by atoms with Crippen LogP contribution in [-0.4, -0.2) is 22.2 Å². The summed E-state index contributed by atoms with van der Waals surface area (Å²) in [5.74, 6) is 0.0153. The first-order chi connectivity index (χ1) is 12.5. The Labute approximate surface area is 155 Å². The summed E-state index contributed by atoms with van der Waals surface area (Å²) < 4.78 is 7.13. The lowest BCUT2D eigenvalue weighted by atomic mass is 10.2. The van der Waals surface area contributed by atoms with E-state index in [9.17, 15) is 9.90 Å². The van der Waals surface area contributed by atoms with E-state index in [2.05, 4.69) is 10.2 Å². The number of fused-ring (bicyclic) bond motifs is 1. The van der Waals surface area contributed by atoms with Crippen molar-refractivity contribution in [2.45, 2.75) is 20.4 Å². The number of carbonyl (C=O) groups excluding carboxylic acids is 1. The smallest absolute Gasteiger partial charge is 0.302 e. The third-order valence-electron chi connectivity index (χ3n) is 3.99. The van der Waals surface area contributed by atoms with Gasteiger partial charge in [0.1, 0.15) is 5.75 Å². The molecule has 7 heteroatoms. The van der Waals surface area contributed by atoms with Crippen molar-refractivity contribution in [3.05, 3.63) is 53.1 Å². The Kier molecular flexibility index (Phi) is 5.23. The van der Waals surface area contributed by atoms with Crippen LogP contribution in [0.15, 0.2) is 52.7 Å².